The third-order valence-electron chi connectivity index (χ3n) is 4.30. The molecule has 0 saturated heterocycles. The Morgan fingerprint density at radius 2 is 1.60 bits per heavy atom. The highest BCUT2D eigenvalue weighted by Crippen LogP contribution is 2.27. The first kappa shape index (κ1) is 18.7. The van der Waals surface area contributed by atoms with Gasteiger partial charge >= 0.3 is 5.97 Å². The zero-order valence-corrected chi connectivity index (χ0v) is 14.8. The van der Waals surface area contributed by atoms with Gasteiger partial charge < -0.3 is 10.1 Å². The molecule has 0 saturated carbocycles. The van der Waals surface area contributed by atoms with Crippen molar-refractivity contribution in [1.82, 2.24) is 5.32 Å². The topological polar surface area (TPSA) is 55.4 Å². The summed E-state index contributed by atoms with van der Waals surface area (Å²) in [6, 6.07) is 19.1. The number of rotatable bonds is 8. The van der Waals surface area contributed by atoms with Crippen LogP contribution in [0.15, 0.2) is 60.7 Å². The predicted octanol–water partition coefficient (Wildman–Crippen LogP) is 3.68. The van der Waals surface area contributed by atoms with E-state index in [1.807, 2.05) is 67.6 Å². The maximum Gasteiger partial charge on any atom is 0.325 e. The van der Waals surface area contributed by atoms with E-state index in [1.54, 1.807) is 0 Å². The lowest BCUT2D eigenvalue weighted by molar-refractivity contribution is -0.145. The van der Waals surface area contributed by atoms with Crippen LogP contribution in [0, 0.1) is 5.92 Å². The summed E-state index contributed by atoms with van der Waals surface area (Å²) in [7, 11) is 0. The molecule has 1 N–H and O–H groups in total. The van der Waals surface area contributed by atoms with E-state index in [0.29, 0.717) is 0 Å². The highest BCUT2D eigenvalue weighted by atomic mass is 16.5. The fourth-order valence-electron chi connectivity index (χ4n) is 2.69. The predicted molar refractivity (Wildman–Crippen MR) is 97.9 cm³/mol. The Morgan fingerprint density at radius 1 is 1.00 bits per heavy atom. The van der Waals surface area contributed by atoms with Crippen molar-refractivity contribution in [2.45, 2.75) is 32.8 Å². The van der Waals surface area contributed by atoms with Gasteiger partial charge in [0.05, 0.1) is 5.92 Å². The van der Waals surface area contributed by atoms with Gasteiger partial charge in [0.2, 0.25) is 5.91 Å². The third-order valence-corrected chi connectivity index (χ3v) is 4.30. The first-order valence-corrected chi connectivity index (χ1v) is 8.64. The molecule has 4 heteroatoms. The summed E-state index contributed by atoms with van der Waals surface area (Å²) in [5.74, 6) is -0.666. The van der Waals surface area contributed by atoms with Crippen molar-refractivity contribution < 1.29 is 14.3 Å². The molecule has 2 unspecified atom stereocenters. The number of nitrogens with one attached hydrogen (secondary N) is 1. The zero-order chi connectivity index (χ0) is 18.1. The molecule has 1 amide bonds. The van der Waals surface area contributed by atoms with Crippen LogP contribution in [0.5, 0.6) is 0 Å². The van der Waals surface area contributed by atoms with Crippen LogP contribution < -0.4 is 5.32 Å². The Kier molecular flexibility index (Phi) is 7.20. The van der Waals surface area contributed by atoms with E-state index < -0.39 is 5.97 Å². The van der Waals surface area contributed by atoms with E-state index in [4.69, 9.17) is 4.74 Å². The average Bonchev–Trinajstić information content (AvgIpc) is 2.66. The Hall–Kier alpha value is -2.62. The maximum atomic E-state index is 12.6. The number of amides is 1. The van der Waals surface area contributed by atoms with Crippen LogP contribution >= 0.6 is 0 Å². The second kappa shape index (κ2) is 9.62. The summed E-state index contributed by atoms with van der Waals surface area (Å²) < 4.78 is 5.20. The minimum Gasteiger partial charge on any atom is -0.460 e. The van der Waals surface area contributed by atoms with Gasteiger partial charge in [0, 0.05) is 0 Å². The molecule has 2 rings (SSSR count). The van der Waals surface area contributed by atoms with Gasteiger partial charge in [-0.3, -0.25) is 9.59 Å². The molecule has 0 aliphatic rings. The second-order valence-corrected chi connectivity index (χ2v) is 6.14. The Bertz CT molecular complexity index is 670. The highest BCUT2D eigenvalue weighted by Gasteiger charge is 2.26. The van der Waals surface area contributed by atoms with Crippen molar-refractivity contribution in [1.29, 1.82) is 0 Å². The van der Waals surface area contributed by atoms with Crippen molar-refractivity contribution in [3.63, 3.8) is 0 Å². The third kappa shape index (κ3) is 5.75. The van der Waals surface area contributed by atoms with E-state index in [2.05, 4.69) is 12.2 Å². The minimum absolute atomic E-state index is 0.120. The summed E-state index contributed by atoms with van der Waals surface area (Å²) in [5, 5.41) is 2.72. The van der Waals surface area contributed by atoms with Gasteiger partial charge in [-0.2, -0.15) is 0 Å². The molecule has 0 fully saturated rings. The molecule has 4 nitrogen and oxygen atoms in total. The van der Waals surface area contributed by atoms with Gasteiger partial charge in [-0.05, 0) is 17.0 Å². The number of ether oxygens (including phenoxy) is 1. The average molecular weight is 339 g/mol. The van der Waals surface area contributed by atoms with E-state index in [1.165, 1.54) is 0 Å². The van der Waals surface area contributed by atoms with Gasteiger partial charge in [-0.1, -0.05) is 80.9 Å². The summed E-state index contributed by atoms with van der Waals surface area (Å²) in [6.45, 7) is 4.20. The van der Waals surface area contributed by atoms with Crippen LogP contribution in [0.4, 0.5) is 0 Å². The molecular weight excluding hydrogens is 314 g/mol. The molecule has 0 aromatic heterocycles. The Balaban J connectivity index is 1.89. The van der Waals surface area contributed by atoms with Crippen LogP contribution in [0.1, 0.15) is 37.3 Å². The lowest BCUT2D eigenvalue weighted by Gasteiger charge is -2.22. The van der Waals surface area contributed by atoms with Crippen LogP contribution in [-0.4, -0.2) is 18.4 Å². The largest absolute Gasteiger partial charge is 0.460 e. The molecule has 25 heavy (non-hydrogen) atoms. The standard InChI is InChI=1S/C21H25NO3/c1-3-16(2)20(18-12-8-5-9-13-18)21(24)22-14-19(23)25-15-17-10-6-4-7-11-17/h4-13,16,20H,3,14-15H2,1-2H3,(H,22,24). The summed E-state index contributed by atoms with van der Waals surface area (Å²) in [4.78, 5) is 24.5. The molecule has 2 aromatic carbocycles. The van der Waals surface area contributed by atoms with Gasteiger partial charge in [-0.25, -0.2) is 0 Å². The lowest BCUT2D eigenvalue weighted by Crippen LogP contribution is -2.36. The van der Waals surface area contributed by atoms with Crippen LogP contribution in [0.2, 0.25) is 0 Å². The van der Waals surface area contributed by atoms with E-state index >= 15 is 0 Å². The van der Waals surface area contributed by atoms with Gasteiger partial charge in [0.1, 0.15) is 13.2 Å². The second-order valence-electron chi connectivity index (χ2n) is 6.14. The SMILES string of the molecule is CCC(C)C(C(=O)NCC(=O)OCc1ccccc1)c1ccccc1. The molecule has 132 valence electrons. The molecule has 0 aliphatic heterocycles. The summed E-state index contributed by atoms with van der Waals surface area (Å²) in [6.07, 6.45) is 0.880. The van der Waals surface area contributed by atoms with E-state index in [9.17, 15) is 9.59 Å². The van der Waals surface area contributed by atoms with Crippen molar-refractivity contribution in [2.24, 2.45) is 5.92 Å². The highest BCUT2D eigenvalue weighted by molar-refractivity contribution is 5.87. The summed E-state index contributed by atoms with van der Waals surface area (Å²) >= 11 is 0. The number of carbonyl (C=O) groups is 2. The van der Waals surface area contributed by atoms with E-state index in [-0.39, 0.29) is 30.9 Å². The number of hydrogen-bond donors (Lipinski definition) is 1. The van der Waals surface area contributed by atoms with Crippen molar-refractivity contribution >= 4 is 11.9 Å². The van der Waals surface area contributed by atoms with Crippen LogP contribution in [-0.2, 0) is 20.9 Å². The molecule has 0 aliphatic carbocycles. The fourth-order valence-corrected chi connectivity index (χ4v) is 2.69. The first-order chi connectivity index (χ1) is 12.1. The maximum absolute atomic E-state index is 12.6. The van der Waals surface area contributed by atoms with Crippen LogP contribution in [0.25, 0.3) is 0 Å². The van der Waals surface area contributed by atoms with Crippen LogP contribution in [0.3, 0.4) is 0 Å². The van der Waals surface area contributed by atoms with Crippen molar-refractivity contribution in [3.05, 3.63) is 71.8 Å². The van der Waals surface area contributed by atoms with Crippen molar-refractivity contribution in [2.75, 3.05) is 6.54 Å². The van der Waals surface area contributed by atoms with E-state index in [0.717, 1.165) is 17.5 Å². The quantitative estimate of drug-likeness (QED) is 0.747. The molecule has 0 spiro atoms. The number of esters is 1. The number of carbonyl (C=O) groups excluding carboxylic acids is 2. The monoisotopic (exact) mass is 339 g/mol. The molecular formula is C21H25NO3. The first-order valence-electron chi connectivity index (χ1n) is 8.64. The number of benzene rings is 2. The molecule has 2 atom stereocenters. The fraction of sp³-hybridized carbons (Fsp3) is 0.333. The molecule has 0 bridgehead atoms. The molecule has 0 heterocycles. The lowest BCUT2D eigenvalue weighted by atomic mass is 9.85. The van der Waals surface area contributed by atoms with Gasteiger partial charge in [0.15, 0.2) is 0 Å². The number of hydrogen-bond acceptors (Lipinski definition) is 3. The van der Waals surface area contributed by atoms with Gasteiger partial charge in [0.25, 0.3) is 0 Å². The summed E-state index contributed by atoms with van der Waals surface area (Å²) in [5.41, 5.74) is 1.89. The zero-order valence-electron chi connectivity index (χ0n) is 14.8. The Morgan fingerprint density at radius 3 is 2.20 bits per heavy atom. The molecule has 0 radical (unpaired) electrons. The Labute approximate surface area is 149 Å². The smallest absolute Gasteiger partial charge is 0.325 e. The van der Waals surface area contributed by atoms with Gasteiger partial charge in [-0.15, -0.1) is 0 Å². The molecule has 2 aromatic rings. The minimum atomic E-state index is -0.437. The van der Waals surface area contributed by atoms with Crippen molar-refractivity contribution in [3.8, 4) is 0 Å². The normalized spacial score (nSPS) is 12.9.